The molecule has 0 saturated carbocycles. The van der Waals surface area contributed by atoms with Crippen LogP contribution in [0.4, 0.5) is 5.69 Å². The highest BCUT2D eigenvalue weighted by atomic mass is 16.6. The lowest BCUT2D eigenvalue weighted by Gasteiger charge is -2.18. The van der Waals surface area contributed by atoms with Crippen molar-refractivity contribution in [1.82, 2.24) is 0 Å². The zero-order chi connectivity index (χ0) is 19.4. The Balaban J connectivity index is 1.71. The van der Waals surface area contributed by atoms with Crippen LogP contribution in [0.3, 0.4) is 0 Å². The predicted octanol–water partition coefficient (Wildman–Crippen LogP) is 1.98. The molecule has 3 rings (SSSR count). The van der Waals surface area contributed by atoms with E-state index in [1.807, 2.05) is 0 Å². The molecule has 0 aromatic heterocycles. The van der Waals surface area contributed by atoms with Crippen LogP contribution in [0, 0.1) is 0 Å². The standard InChI is InChI=1S/C20H17NO6/c1-2-26-11-18(23)27-10-17(22)21-12-7-8-15-16(9-12)20(25)14-6-4-3-5-13(14)19(15)24/h3-9H,2,10-11H2,1H3,(H,21,22). The van der Waals surface area contributed by atoms with Crippen LogP contribution in [0.2, 0.25) is 0 Å². The highest BCUT2D eigenvalue weighted by Crippen LogP contribution is 2.29. The second kappa shape index (κ2) is 7.92. The second-order valence-corrected chi connectivity index (χ2v) is 5.81. The third-order valence-electron chi connectivity index (χ3n) is 4.00. The number of fused-ring (bicyclic) bond motifs is 2. The maximum atomic E-state index is 12.7. The van der Waals surface area contributed by atoms with E-state index >= 15 is 0 Å². The summed E-state index contributed by atoms with van der Waals surface area (Å²) in [5.74, 6) is -1.72. The summed E-state index contributed by atoms with van der Waals surface area (Å²) in [5, 5.41) is 2.54. The Morgan fingerprint density at radius 2 is 1.52 bits per heavy atom. The van der Waals surface area contributed by atoms with Gasteiger partial charge in [-0.3, -0.25) is 14.4 Å². The van der Waals surface area contributed by atoms with E-state index in [-0.39, 0.29) is 23.7 Å². The largest absolute Gasteiger partial charge is 0.454 e. The molecule has 0 atom stereocenters. The first-order valence-corrected chi connectivity index (χ1v) is 8.37. The average Bonchev–Trinajstić information content (AvgIpc) is 2.69. The molecule has 1 amide bonds. The molecule has 0 bridgehead atoms. The van der Waals surface area contributed by atoms with Crippen molar-refractivity contribution in [3.8, 4) is 0 Å². The molecule has 0 fully saturated rings. The Labute approximate surface area is 155 Å². The zero-order valence-corrected chi connectivity index (χ0v) is 14.6. The van der Waals surface area contributed by atoms with Crippen molar-refractivity contribution in [3.05, 3.63) is 64.7 Å². The van der Waals surface area contributed by atoms with E-state index in [2.05, 4.69) is 5.32 Å². The van der Waals surface area contributed by atoms with Gasteiger partial charge in [-0.05, 0) is 25.1 Å². The highest BCUT2D eigenvalue weighted by Gasteiger charge is 2.29. The van der Waals surface area contributed by atoms with Crippen LogP contribution in [0.15, 0.2) is 42.5 Å². The second-order valence-electron chi connectivity index (χ2n) is 5.81. The van der Waals surface area contributed by atoms with Gasteiger partial charge in [-0.15, -0.1) is 0 Å². The molecule has 2 aromatic rings. The number of hydrogen-bond acceptors (Lipinski definition) is 6. The number of rotatable bonds is 6. The third-order valence-corrected chi connectivity index (χ3v) is 4.00. The van der Waals surface area contributed by atoms with Gasteiger partial charge in [0.2, 0.25) is 0 Å². The Morgan fingerprint density at radius 3 is 2.19 bits per heavy atom. The topological polar surface area (TPSA) is 98.8 Å². The van der Waals surface area contributed by atoms with Crippen molar-refractivity contribution >= 4 is 29.1 Å². The molecule has 0 spiro atoms. The number of nitrogens with one attached hydrogen (secondary N) is 1. The number of esters is 1. The first kappa shape index (κ1) is 18.5. The Bertz CT molecular complexity index is 934. The van der Waals surface area contributed by atoms with E-state index in [9.17, 15) is 19.2 Å². The highest BCUT2D eigenvalue weighted by molar-refractivity contribution is 6.28. The van der Waals surface area contributed by atoms with Crippen molar-refractivity contribution < 1.29 is 28.7 Å². The van der Waals surface area contributed by atoms with Gasteiger partial charge in [0.1, 0.15) is 6.61 Å². The third kappa shape index (κ3) is 3.93. The quantitative estimate of drug-likeness (QED) is 0.669. The van der Waals surface area contributed by atoms with E-state index < -0.39 is 18.5 Å². The summed E-state index contributed by atoms with van der Waals surface area (Å²) in [6.45, 7) is 1.41. The molecule has 1 aliphatic rings. The first-order chi connectivity index (χ1) is 13.0. The van der Waals surface area contributed by atoms with Crippen molar-refractivity contribution in [2.24, 2.45) is 0 Å². The van der Waals surface area contributed by atoms with Gasteiger partial charge in [-0.2, -0.15) is 0 Å². The maximum absolute atomic E-state index is 12.7. The molecule has 27 heavy (non-hydrogen) atoms. The predicted molar refractivity (Wildman–Crippen MR) is 95.8 cm³/mol. The van der Waals surface area contributed by atoms with Gasteiger partial charge in [0, 0.05) is 34.5 Å². The molecule has 0 saturated heterocycles. The summed E-state index contributed by atoms with van der Waals surface area (Å²) in [6, 6.07) is 11.1. The van der Waals surface area contributed by atoms with Gasteiger partial charge >= 0.3 is 5.97 Å². The molecular formula is C20H17NO6. The molecule has 7 nitrogen and oxygen atoms in total. The van der Waals surface area contributed by atoms with Crippen LogP contribution >= 0.6 is 0 Å². The Kier molecular flexibility index (Phi) is 5.42. The average molecular weight is 367 g/mol. The molecule has 2 aromatic carbocycles. The van der Waals surface area contributed by atoms with Gasteiger partial charge in [-0.25, -0.2) is 4.79 Å². The van der Waals surface area contributed by atoms with E-state index in [0.717, 1.165) is 0 Å². The monoisotopic (exact) mass is 367 g/mol. The Morgan fingerprint density at radius 1 is 0.889 bits per heavy atom. The van der Waals surface area contributed by atoms with Gasteiger partial charge in [-0.1, -0.05) is 24.3 Å². The molecule has 0 unspecified atom stereocenters. The van der Waals surface area contributed by atoms with Crippen molar-refractivity contribution in [2.45, 2.75) is 6.92 Å². The summed E-state index contributed by atoms with van der Waals surface area (Å²) in [6.07, 6.45) is 0. The van der Waals surface area contributed by atoms with Crippen LogP contribution in [0.25, 0.3) is 0 Å². The number of hydrogen-bond donors (Lipinski definition) is 1. The summed E-state index contributed by atoms with van der Waals surface area (Å²) in [4.78, 5) is 48.5. The van der Waals surface area contributed by atoms with Crippen LogP contribution in [-0.4, -0.2) is 43.3 Å². The summed E-state index contributed by atoms with van der Waals surface area (Å²) < 4.78 is 9.66. The van der Waals surface area contributed by atoms with Gasteiger partial charge in [0.15, 0.2) is 18.2 Å². The number of ether oxygens (including phenoxy) is 2. The van der Waals surface area contributed by atoms with Crippen LogP contribution < -0.4 is 5.32 Å². The van der Waals surface area contributed by atoms with E-state index in [0.29, 0.717) is 29.0 Å². The number of anilines is 1. The van der Waals surface area contributed by atoms with Crippen molar-refractivity contribution in [3.63, 3.8) is 0 Å². The number of carbonyl (C=O) groups is 4. The fourth-order valence-electron chi connectivity index (χ4n) is 2.75. The molecule has 7 heteroatoms. The smallest absolute Gasteiger partial charge is 0.332 e. The number of ketones is 2. The fraction of sp³-hybridized carbons (Fsp3) is 0.200. The fourth-order valence-corrected chi connectivity index (χ4v) is 2.75. The normalized spacial score (nSPS) is 12.2. The molecule has 138 valence electrons. The van der Waals surface area contributed by atoms with Crippen LogP contribution in [0.5, 0.6) is 0 Å². The number of benzene rings is 2. The van der Waals surface area contributed by atoms with Crippen molar-refractivity contribution in [2.75, 3.05) is 25.1 Å². The van der Waals surface area contributed by atoms with Crippen LogP contribution in [-0.2, 0) is 19.1 Å². The molecule has 1 aliphatic carbocycles. The molecule has 0 aliphatic heterocycles. The van der Waals surface area contributed by atoms with E-state index in [1.165, 1.54) is 18.2 Å². The lowest BCUT2D eigenvalue weighted by molar-refractivity contribution is -0.151. The van der Waals surface area contributed by atoms with Gasteiger partial charge in [0.05, 0.1) is 0 Å². The molecule has 0 radical (unpaired) electrons. The zero-order valence-electron chi connectivity index (χ0n) is 14.6. The van der Waals surface area contributed by atoms with Gasteiger partial charge < -0.3 is 14.8 Å². The molecular weight excluding hydrogens is 350 g/mol. The SMILES string of the molecule is CCOCC(=O)OCC(=O)Nc1ccc2c(c1)C(=O)c1ccccc1C2=O. The summed E-state index contributed by atoms with van der Waals surface area (Å²) in [5.41, 5.74) is 1.56. The number of carbonyl (C=O) groups excluding carboxylic acids is 4. The number of amides is 1. The Hall–Kier alpha value is -3.32. The minimum absolute atomic E-state index is 0.224. The van der Waals surface area contributed by atoms with Gasteiger partial charge in [0.25, 0.3) is 5.91 Å². The minimum Gasteiger partial charge on any atom is -0.454 e. The van der Waals surface area contributed by atoms with E-state index in [4.69, 9.17) is 9.47 Å². The summed E-state index contributed by atoms with van der Waals surface area (Å²) in [7, 11) is 0. The minimum atomic E-state index is -0.644. The van der Waals surface area contributed by atoms with Crippen LogP contribution in [0.1, 0.15) is 38.8 Å². The lowest BCUT2D eigenvalue weighted by atomic mass is 9.84. The first-order valence-electron chi connectivity index (χ1n) is 8.37. The molecule has 1 N–H and O–H groups in total. The summed E-state index contributed by atoms with van der Waals surface area (Å²) >= 11 is 0. The lowest BCUT2D eigenvalue weighted by Crippen LogP contribution is -2.24. The van der Waals surface area contributed by atoms with E-state index in [1.54, 1.807) is 31.2 Å². The van der Waals surface area contributed by atoms with Crippen molar-refractivity contribution in [1.29, 1.82) is 0 Å². The molecule has 0 heterocycles. The maximum Gasteiger partial charge on any atom is 0.332 e.